The zero-order chi connectivity index (χ0) is 20.6. The molecule has 1 atom stereocenters. The predicted octanol–water partition coefficient (Wildman–Crippen LogP) is 4.02. The largest absolute Gasteiger partial charge is 0.325 e. The lowest BCUT2D eigenvalue weighted by molar-refractivity contribution is -0.133. The maximum Gasteiger partial charge on any atom is 0.325 e. The third kappa shape index (κ3) is 3.57. The second-order valence-corrected chi connectivity index (χ2v) is 7.73. The molecule has 0 aromatic heterocycles. The van der Waals surface area contributed by atoms with Gasteiger partial charge in [0.05, 0.1) is 10.7 Å². The summed E-state index contributed by atoms with van der Waals surface area (Å²) in [5.74, 6) is -1.08. The normalized spacial score (nSPS) is 19.0. The van der Waals surface area contributed by atoms with Crippen LogP contribution in [0.1, 0.15) is 23.6 Å². The molecule has 2 aromatic carbocycles. The van der Waals surface area contributed by atoms with Crippen LogP contribution in [0.3, 0.4) is 0 Å². The van der Waals surface area contributed by atoms with Crippen LogP contribution in [0.2, 0.25) is 10.0 Å². The van der Waals surface area contributed by atoms with Crippen LogP contribution in [-0.2, 0) is 15.1 Å². The van der Waals surface area contributed by atoms with Crippen molar-refractivity contribution in [1.82, 2.24) is 10.2 Å². The zero-order valence-corrected chi connectivity index (χ0v) is 17.1. The van der Waals surface area contributed by atoms with Gasteiger partial charge in [0.1, 0.15) is 12.1 Å². The number of hydrogen-bond donors (Lipinski definition) is 2. The predicted molar refractivity (Wildman–Crippen MR) is 109 cm³/mol. The number of halogens is 2. The molecule has 2 N–H and O–H groups in total. The molecule has 1 fully saturated rings. The molecule has 1 aliphatic heterocycles. The summed E-state index contributed by atoms with van der Waals surface area (Å²) in [7, 11) is 0. The molecule has 0 spiro atoms. The second-order valence-electron chi connectivity index (χ2n) is 6.91. The molecule has 1 saturated heterocycles. The molecule has 6 nitrogen and oxygen atoms in total. The molecule has 28 heavy (non-hydrogen) atoms. The van der Waals surface area contributed by atoms with E-state index < -0.39 is 29.9 Å². The molecule has 146 valence electrons. The van der Waals surface area contributed by atoms with Crippen LogP contribution in [-0.4, -0.2) is 29.3 Å². The highest BCUT2D eigenvalue weighted by Gasteiger charge is 2.50. The first-order chi connectivity index (χ1) is 13.1. The number of nitrogens with zero attached hydrogens (tertiary/aromatic N) is 1. The van der Waals surface area contributed by atoms with Crippen molar-refractivity contribution in [3.8, 4) is 0 Å². The van der Waals surface area contributed by atoms with Gasteiger partial charge in [-0.15, -0.1) is 0 Å². The van der Waals surface area contributed by atoms with Crippen molar-refractivity contribution >= 4 is 46.7 Å². The number of nitrogens with one attached hydrogen (secondary N) is 2. The molecule has 8 heteroatoms. The fourth-order valence-corrected chi connectivity index (χ4v) is 3.98. The summed E-state index contributed by atoms with van der Waals surface area (Å²) in [6, 6.07) is 9.71. The van der Waals surface area contributed by atoms with Crippen LogP contribution in [0, 0.1) is 13.8 Å². The Kier molecular flexibility index (Phi) is 5.37. The number of hydrogen-bond acceptors (Lipinski definition) is 3. The molecule has 0 bridgehead atoms. The van der Waals surface area contributed by atoms with Gasteiger partial charge in [-0.1, -0.05) is 47.5 Å². The number of carbonyl (C=O) groups excluding carboxylic acids is 3. The Labute approximate surface area is 172 Å². The summed E-state index contributed by atoms with van der Waals surface area (Å²) in [5, 5.41) is 6.06. The molecule has 2 aromatic rings. The van der Waals surface area contributed by atoms with Crippen molar-refractivity contribution < 1.29 is 14.4 Å². The maximum absolute atomic E-state index is 12.9. The number of rotatable bonds is 4. The first kappa shape index (κ1) is 20.2. The molecule has 3 rings (SSSR count). The first-order valence-corrected chi connectivity index (χ1v) is 9.35. The van der Waals surface area contributed by atoms with E-state index in [4.69, 9.17) is 23.2 Å². The van der Waals surface area contributed by atoms with Crippen molar-refractivity contribution in [3.63, 3.8) is 0 Å². The average molecular weight is 420 g/mol. The van der Waals surface area contributed by atoms with Crippen molar-refractivity contribution in [2.45, 2.75) is 26.3 Å². The maximum atomic E-state index is 12.9. The summed E-state index contributed by atoms with van der Waals surface area (Å²) in [5.41, 5.74) is 1.34. The lowest BCUT2D eigenvalue weighted by atomic mass is 9.92. The van der Waals surface area contributed by atoms with Crippen molar-refractivity contribution in [2.75, 3.05) is 11.9 Å². The number of benzene rings is 2. The van der Waals surface area contributed by atoms with E-state index in [9.17, 15) is 14.4 Å². The van der Waals surface area contributed by atoms with Crippen molar-refractivity contribution in [1.29, 1.82) is 0 Å². The summed E-state index contributed by atoms with van der Waals surface area (Å²) in [4.78, 5) is 38.7. The summed E-state index contributed by atoms with van der Waals surface area (Å²) < 4.78 is 0. The standard InChI is InChI=1S/C20H19Cl2N3O3/c1-11-8-12(2)17(15(22)9-11)23-16(26)10-25-18(27)20(3,24-19(25)28)13-6-4-5-7-14(13)21/h4-9H,10H2,1-3H3,(H,23,26)(H,24,28)/t20-/m1/s1. The number of amides is 4. The van der Waals surface area contributed by atoms with Crippen LogP contribution < -0.4 is 10.6 Å². The number of imide groups is 1. The summed E-state index contributed by atoms with van der Waals surface area (Å²) >= 11 is 12.4. The van der Waals surface area contributed by atoms with E-state index in [0.717, 1.165) is 16.0 Å². The molecule has 1 aliphatic rings. The van der Waals surface area contributed by atoms with E-state index in [1.54, 1.807) is 37.3 Å². The molecule has 0 unspecified atom stereocenters. The van der Waals surface area contributed by atoms with Gasteiger partial charge < -0.3 is 10.6 Å². The Morgan fingerprint density at radius 3 is 2.46 bits per heavy atom. The topological polar surface area (TPSA) is 78.5 Å². The quantitative estimate of drug-likeness (QED) is 0.734. The highest BCUT2D eigenvalue weighted by Crippen LogP contribution is 2.33. The monoisotopic (exact) mass is 419 g/mol. The van der Waals surface area contributed by atoms with E-state index in [1.165, 1.54) is 0 Å². The number of urea groups is 1. The Morgan fingerprint density at radius 2 is 1.82 bits per heavy atom. The van der Waals surface area contributed by atoms with Gasteiger partial charge in [-0.25, -0.2) is 4.79 Å². The highest BCUT2D eigenvalue weighted by atomic mass is 35.5. The molecular weight excluding hydrogens is 401 g/mol. The Hall–Kier alpha value is -2.57. The van der Waals surface area contributed by atoms with Crippen LogP contribution in [0.5, 0.6) is 0 Å². The lowest BCUT2D eigenvalue weighted by Gasteiger charge is -2.23. The van der Waals surface area contributed by atoms with Gasteiger partial charge in [-0.05, 0) is 44.0 Å². The number of aryl methyl sites for hydroxylation is 2. The highest BCUT2D eigenvalue weighted by molar-refractivity contribution is 6.34. The van der Waals surface area contributed by atoms with E-state index >= 15 is 0 Å². The van der Waals surface area contributed by atoms with E-state index in [0.29, 0.717) is 21.3 Å². The SMILES string of the molecule is Cc1cc(C)c(NC(=O)CN2C(=O)N[C@](C)(c3ccccc3Cl)C2=O)c(Cl)c1. The molecular formula is C20H19Cl2N3O3. The Bertz CT molecular complexity index is 969. The summed E-state index contributed by atoms with van der Waals surface area (Å²) in [6.07, 6.45) is 0. The Morgan fingerprint density at radius 1 is 1.14 bits per heavy atom. The third-order valence-corrected chi connectivity index (χ3v) is 5.31. The Balaban J connectivity index is 1.80. The first-order valence-electron chi connectivity index (χ1n) is 8.59. The van der Waals surface area contributed by atoms with E-state index in [1.807, 2.05) is 19.9 Å². The van der Waals surface area contributed by atoms with Gasteiger partial charge >= 0.3 is 6.03 Å². The minimum absolute atomic E-state index is 0.354. The molecule has 0 aliphatic carbocycles. The average Bonchev–Trinajstić information content (AvgIpc) is 2.82. The fraction of sp³-hybridized carbons (Fsp3) is 0.250. The summed E-state index contributed by atoms with van der Waals surface area (Å²) in [6.45, 7) is 4.84. The van der Waals surface area contributed by atoms with Crippen LogP contribution >= 0.6 is 23.2 Å². The van der Waals surface area contributed by atoms with Crippen LogP contribution in [0.15, 0.2) is 36.4 Å². The molecule has 1 heterocycles. The van der Waals surface area contributed by atoms with E-state index in [-0.39, 0.29) is 0 Å². The van der Waals surface area contributed by atoms with Gasteiger partial charge in [-0.2, -0.15) is 0 Å². The minimum Gasteiger partial charge on any atom is -0.323 e. The number of anilines is 1. The lowest BCUT2D eigenvalue weighted by Crippen LogP contribution is -2.42. The van der Waals surface area contributed by atoms with Gasteiger partial charge in [-0.3, -0.25) is 14.5 Å². The van der Waals surface area contributed by atoms with Crippen LogP contribution in [0.4, 0.5) is 10.5 Å². The van der Waals surface area contributed by atoms with Crippen molar-refractivity contribution in [2.24, 2.45) is 0 Å². The van der Waals surface area contributed by atoms with E-state index in [2.05, 4.69) is 10.6 Å². The second kappa shape index (κ2) is 7.45. The van der Waals surface area contributed by atoms with Crippen molar-refractivity contribution in [3.05, 3.63) is 63.1 Å². The molecule has 0 saturated carbocycles. The van der Waals surface area contributed by atoms with Gasteiger partial charge in [0, 0.05) is 10.6 Å². The molecule has 0 radical (unpaired) electrons. The minimum atomic E-state index is -1.34. The van der Waals surface area contributed by atoms with Crippen LogP contribution in [0.25, 0.3) is 0 Å². The zero-order valence-electron chi connectivity index (χ0n) is 15.6. The third-order valence-electron chi connectivity index (χ3n) is 4.69. The smallest absolute Gasteiger partial charge is 0.323 e. The molecule has 4 amide bonds. The van der Waals surface area contributed by atoms with Gasteiger partial charge in [0.25, 0.3) is 5.91 Å². The number of carbonyl (C=O) groups is 3. The fourth-order valence-electron chi connectivity index (χ4n) is 3.29. The van der Waals surface area contributed by atoms with Gasteiger partial charge in [0.15, 0.2) is 0 Å². The van der Waals surface area contributed by atoms with Gasteiger partial charge in [0.2, 0.25) is 5.91 Å².